The first-order valence-electron chi connectivity index (χ1n) is 5.40. The van der Waals surface area contributed by atoms with E-state index in [2.05, 4.69) is 50.6 Å². The van der Waals surface area contributed by atoms with Gasteiger partial charge in [0, 0.05) is 10.9 Å². The van der Waals surface area contributed by atoms with Gasteiger partial charge in [-0.25, -0.2) is 0 Å². The Labute approximate surface area is 96.2 Å². The first-order chi connectivity index (χ1) is 7.09. The summed E-state index contributed by atoms with van der Waals surface area (Å²) in [6, 6.07) is 8.47. The lowest BCUT2D eigenvalue weighted by Gasteiger charge is -2.07. The van der Waals surface area contributed by atoms with Crippen molar-refractivity contribution in [2.75, 3.05) is 19.1 Å². The Kier molecular flexibility index (Phi) is 5.03. The molecule has 0 N–H and O–H groups in total. The van der Waals surface area contributed by atoms with Gasteiger partial charge in [0.2, 0.25) is 0 Å². The highest BCUT2D eigenvalue weighted by molar-refractivity contribution is 7.95. The van der Waals surface area contributed by atoms with Crippen LogP contribution < -0.4 is 4.74 Å². The Hall–Kier alpha value is -0.630. The predicted octanol–water partition coefficient (Wildman–Crippen LogP) is 3.35. The zero-order valence-corrected chi connectivity index (χ0v) is 10.9. The fourth-order valence-corrected chi connectivity index (χ4v) is 1.90. The molecule has 2 heteroatoms. The maximum absolute atomic E-state index is 5.65. The van der Waals surface area contributed by atoms with Crippen molar-refractivity contribution in [3.05, 3.63) is 24.3 Å². The van der Waals surface area contributed by atoms with Gasteiger partial charge in [-0.15, -0.1) is 0 Å². The minimum atomic E-state index is 0.344. The number of hydrogen-bond acceptors (Lipinski definition) is 1. The highest BCUT2D eigenvalue weighted by Crippen LogP contribution is 2.16. The first-order valence-corrected chi connectivity index (χ1v) is 7.44. The van der Waals surface area contributed by atoms with Crippen LogP contribution in [0.15, 0.2) is 29.2 Å². The van der Waals surface area contributed by atoms with E-state index < -0.39 is 0 Å². The first kappa shape index (κ1) is 12.4. The molecule has 15 heavy (non-hydrogen) atoms. The summed E-state index contributed by atoms with van der Waals surface area (Å²) in [5.74, 6) is 1.70. The molecule has 1 aromatic rings. The van der Waals surface area contributed by atoms with Crippen LogP contribution in [0, 0.1) is 5.92 Å². The Bertz CT molecular complexity index is 277. The highest BCUT2D eigenvalue weighted by atomic mass is 32.2. The number of hydrogen-bond donors (Lipinski definition) is 0. The lowest BCUT2D eigenvalue weighted by atomic mass is 10.1. The molecule has 1 rings (SSSR count). The molecule has 0 saturated carbocycles. The second kappa shape index (κ2) is 6.06. The van der Waals surface area contributed by atoms with Crippen molar-refractivity contribution in [2.45, 2.75) is 25.2 Å². The Balaban J connectivity index is 2.43. The summed E-state index contributed by atoms with van der Waals surface area (Å²) in [6.45, 7) is 5.25. The Morgan fingerprint density at radius 1 is 1.13 bits per heavy atom. The summed E-state index contributed by atoms with van der Waals surface area (Å²) < 4.78 is 5.65. The van der Waals surface area contributed by atoms with E-state index in [4.69, 9.17) is 4.74 Å². The van der Waals surface area contributed by atoms with E-state index in [1.165, 1.54) is 4.90 Å². The van der Waals surface area contributed by atoms with Crippen LogP contribution in [0.1, 0.15) is 20.3 Å². The molecule has 0 spiro atoms. The molecule has 0 fully saturated rings. The number of rotatable bonds is 5. The summed E-state index contributed by atoms with van der Waals surface area (Å²) in [6.07, 6.45) is 5.58. The van der Waals surface area contributed by atoms with Gasteiger partial charge >= 0.3 is 0 Å². The van der Waals surface area contributed by atoms with Crippen LogP contribution >= 0.6 is 0 Å². The van der Waals surface area contributed by atoms with E-state index >= 15 is 0 Å². The second-order valence-electron chi connectivity index (χ2n) is 4.32. The molecule has 0 atom stereocenters. The minimum Gasteiger partial charge on any atom is -0.494 e. The van der Waals surface area contributed by atoms with Gasteiger partial charge in [0.25, 0.3) is 0 Å². The summed E-state index contributed by atoms with van der Waals surface area (Å²) in [5, 5.41) is 0. The molecule has 0 amide bonds. The van der Waals surface area contributed by atoms with Crippen LogP contribution in [0.4, 0.5) is 0 Å². The standard InChI is InChI=1S/C13H21OS/c1-11(2)9-10-14-12-5-7-13(8-6-12)15(3)4/h5-8,11H,9-10H2,1-4H3/q+1. The topological polar surface area (TPSA) is 9.23 Å². The minimum absolute atomic E-state index is 0.344. The molecule has 0 heterocycles. The summed E-state index contributed by atoms with van der Waals surface area (Å²) in [4.78, 5) is 1.39. The third-order valence-electron chi connectivity index (χ3n) is 2.26. The zero-order valence-electron chi connectivity index (χ0n) is 10.1. The Morgan fingerprint density at radius 2 is 1.73 bits per heavy atom. The molecule has 0 unspecified atom stereocenters. The van der Waals surface area contributed by atoms with Crippen molar-refractivity contribution in [2.24, 2.45) is 5.92 Å². The molecule has 0 aromatic heterocycles. The van der Waals surface area contributed by atoms with Crippen LogP contribution in [0.25, 0.3) is 0 Å². The van der Waals surface area contributed by atoms with Crippen molar-refractivity contribution in [1.82, 2.24) is 0 Å². The summed E-state index contributed by atoms with van der Waals surface area (Å²) in [5.41, 5.74) is 0. The van der Waals surface area contributed by atoms with Gasteiger partial charge in [-0.05, 0) is 36.6 Å². The molecule has 0 aliphatic rings. The lowest BCUT2D eigenvalue weighted by Crippen LogP contribution is -2.01. The van der Waals surface area contributed by atoms with E-state index in [1.807, 2.05) is 0 Å². The summed E-state index contributed by atoms with van der Waals surface area (Å²) >= 11 is 0. The van der Waals surface area contributed by atoms with Crippen molar-refractivity contribution in [3.8, 4) is 5.75 Å². The molecular formula is C13H21OS+. The average molecular weight is 225 g/mol. The molecule has 1 nitrogen and oxygen atoms in total. The van der Waals surface area contributed by atoms with Gasteiger partial charge in [-0.2, -0.15) is 0 Å². The Morgan fingerprint density at radius 3 is 2.20 bits per heavy atom. The second-order valence-corrected chi connectivity index (χ2v) is 6.42. The van der Waals surface area contributed by atoms with Gasteiger partial charge in [0.15, 0.2) is 4.90 Å². The smallest absolute Gasteiger partial charge is 0.154 e. The van der Waals surface area contributed by atoms with E-state index in [-0.39, 0.29) is 0 Å². The maximum Gasteiger partial charge on any atom is 0.154 e. The predicted molar refractivity (Wildman–Crippen MR) is 68.9 cm³/mol. The largest absolute Gasteiger partial charge is 0.494 e. The number of ether oxygens (including phenoxy) is 1. The van der Waals surface area contributed by atoms with Crippen LogP contribution in [0.5, 0.6) is 5.75 Å². The van der Waals surface area contributed by atoms with Gasteiger partial charge in [0.05, 0.1) is 6.61 Å². The molecule has 0 radical (unpaired) electrons. The van der Waals surface area contributed by atoms with Crippen molar-refractivity contribution < 1.29 is 4.74 Å². The maximum atomic E-state index is 5.65. The third-order valence-corrected chi connectivity index (χ3v) is 3.47. The number of benzene rings is 1. The quantitative estimate of drug-likeness (QED) is 0.698. The van der Waals surface area contributed by atoms with Crippen LogP contribution in [0.3, 0.4) is 0 Å². The fourth-order valence-electron chi connectivity index (χ4n) is 1.22. The molecule has 1 aromatic carbocycles. The molecular weight excluding hydrogens is 204 g/mol. The molecule has 0 aliphatic heterocycles. The van der Waals surface area contributed by atoms with E-state index in [1.54, 1.807) is 0 Å². The fraction of sp³-hybridized carbons (Fsp3) is 0.538. The van der Waals surface area contributed by atoms with Crippen molar-refractivity contribution >= 4 is 10.9 Å². The molecule has 0 bridgehead atoms. The lowest BCUT2D eigenvalue weighted by molar-refractivity contribution is 0.289. The van der Waals surface area contributed by atoms with Gasteiger partial charge in [-0.1, -0.05) is 13.8 Å². The summed E-state index contributed by atoms with van der Waals surface area (Å²) in [7, 11) is 0.344. The van der Waals surface area contributed by atoms with Crippen molar-refractivity contribution in [1.29, 1.82) is 0 Å². The zero-order chi connectivity index (χ0) is 11.3. The third kappa shape index (κ3) is 4.61. The molecule has 0 saturated heterocycles. The van der Waals surface area contributed by atoms with Crippen LogP contribution in [0.2, 0.25) is 0 Å². The SMILES string of the molecule is CC(C)CCOc1ccc([S+](C)C)cc1. The van der Waals surface area contributed by atoms with E-state index in [9.17, 15) is 0 Å². The van der Waals surface area contributed by atoms with Crippen molar-refractivity contribution in [3.63, 3.8) is 0 Å². The van der Waals surface area contributed by atoms with Gasteiger partial charge < -0.3 is 4.74 Å². The van der Waals surface area contributed by atoms with Gasteiger partial charge in [0.1, 0.15) is 18.3 Å². The van der Waals surface area contributed by atoms with E-state index in [0.717, 1.165) is 18.8 Å². The van der Waals surface area contributed by atoms with Gasteiger partial charge in [-0.3, -0.25) is 0 Å². The highest BCUT2D eigenvalue weighted by Gasteiger charge is 2.07. The van der Waals surface area contributed by atoms with E-state index in [0.29, 0.717) is 16.8 Å². The molecule has 0 aliphatic carbocycles. The van der Waals surface area contributed by atoms with Crippen LogP contribution in [-0.2, 0) is 10.9 Å². The van der Waals surface area contributed by atoms with Crippen LogP contribution in [-0.4, -0.2) is 19.1 Å². The monoisotopic (exact) mass is 225 g/mol. The molecule has 84 valence electrons. The average Bonchev–Trinajstić information content (AvgIpc) is 2.18. The normalized spacial score (nSPS) is 11.1.